The third kappa shape index (κ3) is 10.8. The molecule has 20 heavy (non-hydrogen) atoms. The predicted molar refractivity (Wildman–Crippen MR) is 83.7 cm³/mol. The topological polar surface area (TPSA) is 63.2 Å². The Bertz CT molecular complexity index is 364. The second kappa shape index (κ2) is 11.7. The lowest BCUT2D eigenvalue weighted by molar-refractivity contribution is -0.121. The Morgan fingerprint density at radius 3 is 2.45 bits per heavy atom. The molecule has 1 amide bonds. The predicted octanol–water partition coefficient (Wildman–Crippen LogP) is 2.87. The molecule has 1 N–H and O–H groups in total. The molecule has 0 unspecified atom stereocenters. The van der Waals surface area contributed by atoms with Crippen molar-refractivity contribution >= 4 is 28.6 Å². The molecular weight excluding hydrogens is 274 g/mol. The zero-order valence-corrected chi connectivity index (χ0v) is 13.5. The molecular formula is C15H25NO3S. The number of ketones is 1. The van der Waals surface area contributed by atoms with Crippen LogP contribution in [0.4, 0.5) is 0 Å². The van der Waals surface area contributed by atoms with Crippen LogP contribution < -0.4 is 5.32 Å². The molecule has 5 heteroatoms. The average Bonchev–Trinajstić information content (AvgIpc) is 2.39. The van der Waals surface area contributed by atoms with Crippen molar-refractivity contribution < 1.29 is 14.4 Å². The quantitative estimate of drug-likeness (QED) is 0.383. The van der Waals surface area contributed by atoms with Gasteiger partial charge >= 0.3 is 0 Å². The highest BCUT2D eigenvalue weighted by Crippen LogP contribution is 2.10. The lowest BCUT2D eigenvalue weighted by Gasteiger charge is -2.02. The van der Waals surface area contributed by atoms with Crippen LogP contribution in [0.3, 0.4) is 0 Å². The molecule has 0 heterocycles. The van der Waals surface area contributed by atoms with Crippen molar-refractivity contribution in [2.24, 2.45) is 0 Å². The minimum Gasteiger partial charge on any atom is -0.356 e. The zero-order chi connectivity index (χ0) is 15.4. The number of nitrogens with one attached hydrogen (secondary N) is 1. The number of hydrogen-bond acceptors (Lipinski definition) is 4. The van der Waals surface area contributed by atoms with E-state index in [0.717, 1.165) is 37.4 Å². The van der Waals surface area contributed by atoms with E-state index >= 15 is 0 Å². The number of carbonyl (C=O) groups excluding carboxylic acids is 3. The van der Waals surface area contributed by atoms with Crippen molar-refractivity contribution in [2.45, 2.75) is 52.9 Å². The Balaban J connectivity index is 3.87. The van der Waals surface area contributed by atoms with Gasteiger partial charge in [0.2, 0.25) is 5.91 Å². The van der Waals surface area contributed by atoms with Crippen LogP contribution in [-0.2, 0) is 14.4 Å². The fourth-order valence-corrected chi connectivity index (χ4v) is 2.21. The van der Waals surface area contributed by atoms with Gasteiger partial charge in [0, 0.05) is 19.2 Å². The molecule has 0 rings (SSSR count). The molecule has 0 fully saturated rings. The molecule has 0 saturated carbocycles. The molecule has 0 bridgehead atoms. The summed E-state index contributed by atoms with van der Waals surface area (Å²) in [6.07, 6.45) is 6.17. The smallest absolute Gasteiger partial charge is 0.216 e. The molecule has 0 saturated heterocycles. The molecule has 0 aromatic rings. The summed E-state index contributed by atoms with van der Waals surface area (Å²) in [7, 11) is 0. The molecule has 0 aromatic heterocycles. The maximum Gasteiger partial charge on any atom is 0.216 e. The van der Waals surface area contributed by atoms with E-state index in [9.17, 15) is 14.4 Å². The maximum absolute atomic E-state index is 11.8. The summed E-state index contributed by atoms with van der Waals surface area (Å²) in [5.74, 6) is 0.295. The number of allylic oxidation sites excluding steroid dienone is 2. The van der Waals surface area contributed by atoms with Gasteiger partial charge in [-0.3, -0.25) is 14.4 Å². The van der Waals surface area contributed by atoms with Crippen molar-refractivity contribution in [3.63, 3.8) is 0 Å². The highest BCUT2D eigenvalue weighted by molar-refractivity contribution is 8.13. The summed E-state index contributed by atoms with van der Waals surface area (Å²) in [4.78, 5) is 34.0. The first-order valence-electron chi connectivity index (χ1n) is 7.07. The third-order valence-corrected chi connectivity index (χ3v) is 3.62. The van der Waals surface area contributed by atoms with Crippen LogP contribution in [0.15, 0.2) is 11.6 Å². The van der Waals surface area contributed by atoms with Gasteiger partial charge in [-0.25, -0.2) is 0 Å². The van der Waals surface area contributed by atoms with Crippen LogP contribution in [0.1, 0.15) is 52.9 Å². The number of unbranched alkanes of at least 4 members (excludes halogenated alkanes) is 3. The van der Waals surface area contributed by atoms with Crippen molar-refractivity contribution in [3.05, 3.63) is 11.6 Å². The third-order valence-electron chi connectivity index (χ3n) is 2.74. The van der Waals surface area contributed by atoms with Gasteiger partial charge in [0.25, 0.3) is 0 Å². The Morgan fingerprint density at radius 1 is 1.15 bits per heavy atom. The lowest BCUT2D eigenvalue weighted by Crippen LogP contribution is -2.23. The fraction of sp³-hybridized carbons (Fsp3) is 0.667. The molecule has 0 aromatic carbocycles. The van der Waals surface area contributed by atoms with Crippen LogP contribution in [-0.4, -0.2) is 29.1 Å². The Morgan fingerprint density at radius 2 is 1.85 bits per heavy atom. The second-order valence-electron chi connectivity index (χ2n) is 4.69. The van der Waals surface area contributed by atoms with Crippen molar-refractivity contribution in [1.29, 1.82) is 0 Å². The van der Waals surface area contributed by atoms with Gasteiger partial charge in [-0.1, -0.05) is 37.6 Å². The highest BCUT2D eigenvalue weighted by Gasteiger charge is 2.11. The Hall–Kier alpha value is -1.10. The summed E-state index contributed by atoms with van der Waals surface area (Å²) in [5, 5.41) is 2.47. The lowest BCUT2D eigenvalue weighted by atomic mass is 10.1. The van der Waals surface area contributed by atoms with Crippen LogP contribution >= 0.6 is 11.8 Å². The monoisotopic (exact) mass is 299 g/mol. The van der Waals surface area contributed by atoms with Gasteiger partial charge in [-0.2, -0.15) is 0 Å². The van der Waals surface area contributed by atoms with Gasteiger partial charge in [-0.15, -0.1) is 0 Å². The van der Waals surface area contributed by atoms with Crippen LogP contribution in [0, 0.1) is 0 Å². The molecule has 0 spiro atoms. The van der Waals surface area contributed by atoms with Gasteiger partial charge in [0.05, 0.1) is 6.42 Å². The fourth-order valence-electron chi connectivity index (χ4n) is 1.54. The first kappa shape index (κ1) is 18.9. The number of amides is 1. The maximum atomic E-state index is 11.8. The highest BCUT2D eigenvalue weighted by atomic mass is 32.2. The summed E-state index contributed by atoms with van der Waals surface area (Å²) >= 11 is 1.09. The van der Waals surface area contributed by atoms with E-state index in [1.807, 2.05) is 6.08 Å². The van der Waals surface area contributed by atoms with E-state index in [1.165, 1.54) is 6.92 Å². The van der Waals surface area contributed by atoms with E-state index in [2.05, 4.69) is 12.2 Å². The van der Waals surface area contributed by atoms with Crippen LogP contribution in [0.5, 0.6) is 0 Å². The first-order chi connectivity index (χ1) is 9.47. The second-order valence-corrected chi connectivity index (χ2v) is 5.84. The summed E-state index contributed by atoms with van der Waals surface area (Å²) in [5.41, 5.74) is 0.678. The molecule has 0 radical (unpaired) electrons. The zero-order valence-electron chi connectivity index (χ0n) is 12.7. The van der Waals surface area contributed by atoms with E-state index in [4.69, 9.17) is 0 Å². The number of thioether (sulfide) groups is 1. The molecule has 0 atom stereocenters. The minimum absolute atomic E-state index is 0.0547. The van der Waals surface area contributed by atoms with Crippen molar-refractivity contribution in [1.82, 2.24) is 5.32 Å². The Labute approximate surface area is 125 Å². The molecule has 0 aliphatic heterocycles. The van der Waals surface area contributed by atoms with Gasteiger partial charge in [0.15, 0.2) is 10.9 Å². The normalized spacial score (nSPS) is 11.2. The standard InChI is InChI=1S/C15H25NO3S/c1-4-5-6-7-8-12(2)14(18)11-15(19)20-10-9-16-13(3)17/h8H,4-7,9-11H2,1-3H3,(H,16,17)/b12-8+. The largest absolute Gasteiger partial charge is 0.356 e. The van der Waals surface area contributed by atoms with E-state index < -0.39 is 0 Å². The van der Waals surface area contributed by atoms with E-state index in [-0.39, 0.29) is 23.2 Å². The molecule has 4 nitrogen and oxygen atoms in total. The van der Waals surface area contributed by atoms with Gasteiger partial charge in [-0.05, 0) is 25.3 Å². The number of carbonyl (C=O) groups is 3. The van der Waals surface area contributed by atoms with Crippen LogP contribution in [0.2, 0.25) is 0 Å². The number of Topliss-reactive ketones (excluding diaryl/α,β-unsaturated/α-hetero) is 1. The summed E-state index contributed by atoms with van der Waals surface area (Å²) < 4.78 is 0. The van der Waals surface area contributed by atoms with Crippen molar-refractivity contribution in [2.75, 3.05) is 12.3 Å². The summed E-state index contributed by atoms with van der Waals surface area (Å²) in [6, 6.07) is 0. The Kier molecular flexibility index (Phi) is 11.1. The molecule has 0 aliphatic rings. The average molecular weight is 299 g/mol. The minimum atomic E-state index is -0.137. The first-order valence-corrected chi connectivity index (χ1v) is 8.06. The van der Waals surface area contributed by atoms with Gasteiger partial charge < -0.3 is 5.32 Å². The van der Waals surface area contributed by atoms with Crippen molar-refractivity contribution in [3.8, 4) is 0 Å². The van der Waals surface area contributed by atoms with Gasteiger partial charge in [0.1, 0.15) is 0 Å². The van der Waals surface area contributed by atoms with Crippen LogP contribution in [0.25, 0.3) is 0 Å². The number of rotatable bonds is 10. The SMILES string of the molecule is CCCCC/C=C(\C)C(=O)CC(=O)SCCNC(C)=O. The molecule has 114 valence electrons. The molecule has 0 aliphatic carbocycles. The summed E-state index contributed by atoms with van der Waals surface area (Å²) in [6.45, 7) is 5.79. The number of hydrogen-bond donors (Lipinski definition) is 1. The van der Waals surface area contributed by atoms with E-state index in [0.29, 0.717) is 17.9 Å². The van der Waals surface area contributed by atoms with E-state index in [1.54, 1.807) is 6.92 Å².